The van der Waals surface area contributed by atoms with Crippen molar-refractivity contribution in [3.8, 4) is 28.7 Å². The Balaban J connectivity index is 1.24. The van der Waals surface area contributed by atoms with Crippen molar-refractivity contribution < 1.29 is 4.74 Å². The fraction of sp³-hybridized carbons (Fsp3) is 0.0952. The summed E-state index contributed by atoms with van der Waals surface area (Å²) in [6.45, 7) is 8.86. The number of benzene rings is 5. The molecule has 0 saturated heterocycles. The standard InChI is InChI=1S/C42H33N5O/c1-26-13-15-28(3)41-39(26)40-27(2)14-16-29(4)42(40)46(41)31-19-21-43-38(24-31)47-36-12-6-5-11-34(36)35-18-17-33(25-37(35)47)48-32-10-7-9-30(23-32)45-22-8-20-44-45/h5-25H,1-4H3. The zero-order valence-electron chi connectivity index (χ0n) is 27.3. The van der Waals surface area contributed by atoms with Crippen LogP contribution in [0.25, 0.3) is 60.8 Å². The minimum atomic E-state index is 0.743. The summed E-state index contributed by atoms with van der Waals surface area (Å²) < 4.78 is 13.0. The number of hydrogen-bond donors (Lipinski definition) is 0. The molecule has 0 saturated carbocycles. The molecule has 0 radical (unpaired) electrons. The first-order chi connectivity index (χ1) is 23.5. The van der Waals surface area contributed by atoms with Gasteiger partial charge in [-0.3, -0.25) is 4.57 Å². The summed E-state index contributed by atoms with van der Waals surface area (Å²) in [5, 5.41) is 9.32. The number of para-hydroxylation sites is 1. The van der Waals surface area contributed by atoms with E-state index in [2.05, 4.69) is 115 Å². The Labute approximate surface area is 278 Å². The van der Waals surface area contributed by atoms with E-state index in [0.717, 1.165) is 45.1 Å². The maximum atomic E-state index is 6.46. The lowest BCUT2D eigenvalue weighted by atomic mass is 10.0. The summed E-state index contributed by atoms with van der Waals surface area (Å²) in [7, 11) is 0. The van der Waals surface area contributed by atoms with Gasteiger partial charge in [-0.25, -0.2) is 9.67 Å². The normalized spacial score (nSPS) is 11.8. The largest absolute Gasteiger partial charge is 0.457 e. The maximum absolute atomic E-state index is 6.46. The molecule has 4 aromatic heterocycles. The van der Waals surface area contributed by atoms with E-state index < -0.39 is 0 Å². The number of rotatable bonds is 5. The SMILES string of the molecule is Cc1ccc(C)c2c1c1c(C)ccc(C)c1n2-c1ccnc(-n2c3ccccc3c3ccc(Oc4cccc(-n5cccn5)c4)cc32)c1. The Morgan fingerprint density at radius 2 is 1.23 bits per heavy atom. The van der Waals surface area contributed by atoms with Crippen LogP contribution in [0, 0.1) is 27.7 Å². The van der Waals surface area contributed by atoms with Gasteiger partial charge in [0, 0.05) is 58.3 Å². The van der Waals surface area contributed by atoms with Crippen LogP contribution in [0.15, 0.2) is 128 Å². The quantitative estimate of drug-likeness (QED) is 0.192. The minimum absolute atomic E-state index is 0.743. The Bertz CT molecular complexity index is 2630. The Kier molecular flexibility index (Phi) is 6.27. The third-order valence-electron chi connectivity index (χ3n) is 9.56. The van der Waals surface area contributed by atoms with Crippen LogP contribution >= 0.6 is 0 Å². The van der Waals surface area contributed by atoms with Gasteiger partial charge in [-0.15, -0.1) is 0 Å². The van der Waals surface area contributed by atoms with Gasteiger partial charge >= 0.3 is 0 Å². The molecular weight excluding hydrogens is 590 g/mol. The highest BCUT2D eigenvalue weighted by atomic mass is 16.5. The first-order valence-electron chi connectivity index (χ1n) is 16.2. The summed E-state index contributed by atoms with van der Waals surface area (Å²) in [6.07, 6.45) is 5.63. The highest BCUT2D eigenvalue weighted by molar-refractivity contribution is 6.14. The molecule has 6 nitrogen and oxygen atoms in total. The summed E-state index contributed by atoms with van der Waals surface area (Å²) in [5.41, 5.74) is 11.7. The second-order valence-electron chi connectivity index (χ2n) is 12.6. The van der Waals surface area contributed by atoms with Gasteiger partial charge < -0.3 is 9.30 Å². The van der Waals surface area contributed by atoms with Crippen molar-refractivity contribution in [2.75, 3.05) is 0 Å². The molecule has 48 heavy (non-hydrogen) atoms. The number of aromatic nitrogens is 5. The number of aryl methyl sites for hydroxylation is 4. The molecule has 4 heterocycles. The predicted molar refractivity (Wildman–Crippen MR) is 196 cm³/mol. The third kappa shape index (κ3) is 4.26. The average Bonchev–Trinajstić information content (AvgIpc) is 3.85. The second-order valence-corrected chi connectivity index (χ2v) is 12.6. The molecule has 0 bridgehead atoms. The second kappa shape index (κ2) is 10.7. The zero-order chi connectivity index (χ0) is 32.5. The van der Waals surface area contributed by atoms with Crippen LogP contribution in [-0.4, -0.2) is 23.9 Å². The molecule has 0 spiro atoms. The molecule has 0 aliphatic carbocycles. The van der Waals surface area contributed by atoms with Crippen molar-refractivity contribution in [3.05, 3.63) is 150 Å². The monoisotopic (exact) mass is 623 g/mol. The molecular formula is C42H33N5O. The lowest BCUT2D eigenvalue weighted by Gasteiger charge is -2.14. The molecule has 0 aliphatic rings. The van der Waals surface area contributed by atoms with Crippen molar-refractivity contribution in [3.63, 3.8) is 0 Å². The molecule has 9 aromatic rings. The minimum Gasteiger partial charge on any atom is -0.457 e. The highest BCUT2D eigenvalue weighted by Gasteiger charge is 2.20. The van der Waals surface area contributed by atoms with E-state index in [1.165, 1.54) is 49.4 Å². The van der Waals surface area contributed by atoms with E-state index in [-0.39, 0.29) is 0 Å². The summed E-state index contributed by atoms with van der Waals surface area (Å²) in [4.78, 5) is 4.98. The molecule has 0 unspecified atom stereocenters. The first kappa shape index (κ1) is 28.1. The molecule has 9 rings (SSSR count). The number of pyridine rings is 1. The van der Waals surface area contributed by atoms with Gasteiger partial charge in [-0.2, -0.15) is 5.10 Å². The van der Waals surface area contributed by atoms with Gasteiger partial charge in [-0.05, 0) is 92.4 Å². The number of ether oxygens (including phenoxy) is 1. The Hall–Kier alpha value is -6.14. The topological polar surface area (TPSA) is 49.8 Å². The van der Waals surface area contributed by atoms with Crippen LogP contribution in [0.2, 0.25) is 0 Å². The van der Waals surface area contributed by atoms with Crippen LogP contribution in [0.4, 0.5) is 0 Å². The van der Waals surface area contributed by atoms with Crippen LogP contribution < -0.4 is 4.74 Å². The molecule has 5 aromatic carbocycles. The summed E-state index contributed by atoms with van der Waals surface area (Å²) >= 11 is 0. The summed E-state index contributed by atoms with van der Waals surface area (Å²) in [5.74, 6) is 2.34. The summed E-state index contributed by atoms with van der Waals surface area (Å²) in [6, 6.07) is 38.0. The van der Waals surface area contributed by atoms with E-state index in [1.54, 1.807) is 6.20 Å². The van der Waals surface area contributed by atoms with E-state index in [4.69, 9.17) is 9.72 Å². The molecule has 0 fully saturated rings. The van der Waals surface area contributed by atoms with Gasteiger partial charge in [0.15, 0.2) is 0 Å². The third-order valence-corrected chi connectivity index (χ3v) is 9.56. The first-order valence-corrected chi connectivity index (χ1v) is 16.2. The van der Waals surface area contributed by atoms with Crippen molar-refractivity contribution in [1.29, 1.82) is 0 Å². The molecule has 0 N–H and O–H groups in total. The lowest BCUT2D eigenvalue weighted by molar-refractivity contribution is 0.483. The molecule has 0 atom stereocenters. The van der Waals surface area contributed by atoms with Crippen molar-refractivity contribution in [2.45, 2.75) is 27.7 Å². The molecule has 232 valence electrons. The number of hydrogen-bond acceptors (Lipinski definition) is 3. The number of nitrogens with zero attached hydrogens (tertiary/aromatic N) is 5. The lowest BCUT2D eigenvalue weighted by Crippen LogP contribution is -2.02. The Morgan fingerprint density at radius 3 is 1.98 bits per heavy atom. The fourth-order valence-electron chi connectivity index (χ4n) is 7.35. The molecule has 6 heteroatoms. The molecule has 0 aliphatic heterocycles. The number of fused-ring (bicyclic) bond motifs is 6. The fourth-order valence-corrected chi connectivity index (χ4v) is 7.35. The van der Waals surface area contributed by atoms with Crippen LogP contribution in [-0.2, 0) is 0 Å². The van der Waals surface area contributed by atoms with Crippen LogP contribution in [0.3, 0.4) is 0 Å². The van der Waals surface area contributed by atoms with Crippen molar-refractivity contribution >= 4 is 43.6 Å². The van der Waals surface area contributed by atoms with Crippen LogP contribution in [0.5, 0.6) is 11.5 Å². The van der Waals surface area contributed by atoms with E-state index in [9.17, 15) is 0 Å². The van der Waals surface area contributed by atoms with Gasteiger partial charge in [0.1, 0.15) is 17.3 Å². The average molecular weight is 624 g/mol. The predicted octanol–water partition coefficient (Wildman–Crippen LogP) is 10.5. The Morgan fingerprint density at radius 1 is 0.521 bits per heavy atom. The smallest absolute Gasteiger partial charge is 0.139 e. The van der Waals surface area contributed by atoms with Gasteiger partial charge in [0.25, 0.3) is 0 Å². The molecule has 0 amide bonds. The van der Waals surface area contributed by atoms with Crippen molar-refractivity contribution in [2.24, 2.45) is 0 Å². The van der Waals surface area contributed by atoms with E-state index in [0.29, 0.717) is 0 Å². The maximum Gasteiger partial charge on any atom is 0.139 e. The van der Waals surface area contributed by atoms with Crippen LogP contribution in [0.1, 0.15) is 22.3 Å². The van der Waals surface area contributed by atoms with Crippen molar-refractivity contribution in [1.82, 2.24) is 23.9 Å². The van der Waals surface area contributed by atoms with Gasteiger partial charge in [-0.1, -0.05) is 48.5 Å². The van der Waals surface area contributed by atoms with Gasteiger partial charge in [0.2, 0.25) is 0 Å². The highest BCUT2D eigenvalue weighted by Crippen LogP contribution is 2.40. The van der Waals surface area contributed by atoms with E-state index >= 15 is 0 Å². The van der Waals surface area contributed by atoms with Gasteiger partial charge in [0.05, 0.1) is 33.4 Å². The van der Waals surface area contributed by atoms with E-state index in [1.807, 2.05) is 53.5 Å². The zero-order valence-corrected chi connectivity index (χ0v) is 27.3.